The highest BCUT2D eigenvalue weighted by Crippen LogP contribution is 2.67. The first-order chi connectivity index (χ1) is 11.8. The molecule has 0 aliphatic heterocycles. The van der Waals surface area contributed by atoms with Crippen molar-refractivity contribution in [1.82, 2.24) is 0 Å². The molecule has 25 heavy (non-hydrogen) atoms. The number of fused-ring (bicyclic) bond motifs is 5. The molecule has 4 aliphatic rings. The highest BCUT2D eigenvalue weighted by atomic mass is 16.3. The third kappa shape index (κ3) is 2.47. The van der Waals surface area contributed by atoms with Crippen LogP contribution in [0.1, 0.15) is 65.2 Å². The van der Waals surface area contributed by atoms with Gasteiger partial charge in [-0.25, -0.2) is 0 Å². The van der Waals surface area contributed by atoms with Gasteiger partial charge in [-0.15, -0.1) is 0 Å². The lowest BCUT2D eigenvalue weighted by atomic mass is 9.44. The molecule has 0 saturated heterocycles. The van der Waals surface area contributed by atoms with Crippen LogP contribution in [0.3, 0.4) is 0 Å². The summed E-state index contributed by atoms with van der Waals surface area (Å²) < 4.78 is 0. The summed E-state index contributed by atoms with van der Waals surface area (Å²) in [5.41, 5.74) is -0.0280. The molecule has 0 aromatic carbocycles. The summed E-state index contributed by atoms with van der Waals surface area (Å²) in [5, 5.41) is 30.7. The molecule has 4 saturated carbocycles. The second kappa shape index (κ2) is 6.03. The Kier molecular flexibility index (Phi) is 4.33. The van der Waals surface area contributed by atoms with Gasteiger partial charge in [-0.05, 0) is 85.9 Å². The van der Waals surface area contributed by atoms with Gasteiger partial charge in [0.25, 0.3) is 0 Å². The molecule has 4 heteroatoms. The topological polar surface area (TPSA) is 77.8 Å². The molecule has 4 nitrogen and oxygen atoms in total. The maximum atomic E-state index is 12.3. The molecule has 2 unspecified atom stereocenters. The second-order valence-electron chi connectivity index (χ2n) is 10.0. The minimum Gasteiger partial charge on any atom is -0.393 e. The molecule has 0 heterocycles. The summed E-state index contributed by atoms with van der Waals surface area (Å²) in [6, 6.07) is 0. The van der Waals surface area contributed by atoms with Crippen LogP contribution in [0.25, 0.3) is 0 Å². The third-order valence-electron chi connectivity index (χ3n) is 9.11. The first-order valence-electron chi connectivity index (χ1n) is 10.3. The van der Waals surface area contributed by atoms with E-state index in [2.05, 4.69) is 13.8 Å². The van der Waals surface area contributed by atoms with E-state index in [1.807, 2.05) is 0 Å². The molecule has 0 aromatic heterocycles. The summed E-state index contributed by atoms with van der Waals surface area (Å²) in [7, 11) is 0. The number of carbonyl (C=O) groups is 1. The van der Waals surface area contributed by atoms with E-state index in [9.17, 15) is 20.1 Å². The van der Waals surface area contributed by atoms with Crippen molar-refractivity contribution in [3.63, 3.8) is 0 Å². The van der Waals surface area contributed by atoms with Gasteiger partial charge in [0.2, 0.25) is 0 Å². The lowest BCUT2D eigenvalue weighted by molar-refractivity contribution is -0.179. The third-order valence-corrected chi connectivity index (χ3v) is 9.11. The summed E-state index contributed by atoms with van der Waals surface area (Å²) >= 11 is 0. The largest absolute Gasteiger partial charge is 0.393 e. The number of aliphatic hydroxyl groups is 3. The van der Waals surface area contributed by atoms with Gasteiger partial charge in [0.1, 0.15) is 6.61 Å². The number of rotatable bonds is 2. The fraction of sp³-hybridized carbons (Fsp3) is 0.952. The molecule has 4 rings (SSSR count). The average molecular weight is 350 g/mol. The Morgan fingerprint density at radius 2 is 1.80 bits per heavy atom. The smallest absolute Gasteiger partial charge is 0.161 e. The molecular weight excluding hydrogens is 316 g/mol. The van der Waals surface area contributed by atoms with Crippen molar-refractivity contribution in [3.05, 3.63) is 0 Å². The van der Waals surface area contributed by atoms with Gasteiger partial charge in [0.05, 0.1) is 12.2 Å². The van der Waals surface area contributed by atoms with Crippen molar-refractivity contribution < 1.29 is 20.1 Å². The van der Waals surface area contributed by atoms with Gasteiger partial charge in [0, 0.05) is 5.92 Å². The molecule has 4 fully saturated rings. The van der Waals surface area contributed by atoms with E-state index >= 15 is 0 Å². The fourth-order valence-corrected chi connectivity index (χ4v) is 8.00. The molecule has 4 aliphatic carbocycles. The fourth-order valence-electron chi connectivity index (χ4n) is 8.00. The number of ketones is 1. The molecular formula is C21H34O4. The molecule has 0 bridgehead atoms. The summed E-state index contributed by atoms with van der Waals surface area (Å²) in [6.45, 7) is 4.19. The average Bonchev–Trinajstić information content (AvgIpc) is 2.91. The van der Waals surface area contributed by atoms with Crippen molar-refractivity contribution in [2.75, 3.05) is 6.61 Å². The molecule has 142 valence electrons. The Morgan fingerprint density at radius 3 is 2.52 bits per heavy atom. The van der Waals surface area contributed by atoms with Crippen molar-refractivity contribution in [2.24, 2.45) is 40.4 Å². The minimum atomic E-state index is -0.366. The predicted molar refractivity (Wildman–Crippen MR) is 94.7 cm³/mol. The van der Waals surface area contributed by atoms with Crippen LogP contribution in [0.4, 0.5) is 0 Å². The highest BCUT2D eigenvalue weighted by Gasteiger charge is 2.63. The lowest BCUT2D eigenvalue weighted by Crippen LogP contribution is -2.59. The molecule has 3 N–H and O–H groups in total. The van der Waals surface area contributed by atoms with Crippen LogP contribution in [0, 0.1) is 40.4 Å². The van der Waals surface area contributed by atoms with Gasteiger partial charge in [0.15, 0.2) is 5.78 Å². The Hall–Kier alpha value is -0.450. The maximum absolute atomic E-state index is 12.3. The first kappa shape index (κ1) is 17.9. The number of hydrogen-bond donors (Lipinski definition) is 3. The Labute approximate surface area is 151 Å². The zero-order valence-corrected chi connectivity index (χ0v) is 15.7. The second-order valence-corrected chi connectivity index (χ2v) is 10.0. The van der Waals surface area contributed by atoms with Gasteiger partial charge in [-0.1, -0.05) is 13.8 Å². The Balaban J connectivity index is 1.65. The zero-order chi connectivity index (χ0) is 18.0. The van der Waals surface area contributed by atoms with E-state index in [0.29, 0.717) is 30.1 Å². The van der Waals surface area contributed by atoms with Gasteiger partial charge in [-0.3, -0.25) is 4.79 Å². The minimum absolute atomic E-state index is 0.0312. The molecule has 0 spiro atoms. The summed E-state index contributed by atoms with van der Waals surface area (Å²) in [4.78, 5) is 12.3. The van der Waals surface area contributed by atoms with Crippen LogP contribution < -0.4 is 0 Å². The maximum Gasteiger partial charge on any atom is 0.161 e. The number of hydrogen-bond acceptors (Lipinski definition) is 4. The Bertz CT molecular complexity index is 548. The van der Waals surface area contributed by atoms with Crippen molar-refractivity contribution in [2.45, 2.75) is 77.4 Å². The number of carbonyl (C=O) groups excluding carboxylic acids is 1. The SMILES string of the molecule is C[C@]12CCC(O)C[C@@H]1CC[C@H]1[C@@H]3CC[C@H](C(=O)CO)[C@@]3(C)CC(O)[C@@H]12. The van der Waals surface area contributed by atoms with Crippen LogP contribution >= 0.6 is 0 Å². The van der Waals surface area contributed by atoms with Gasteiger partial charge in [-0.2, -0.15) is 0 Å². The standard InChI is InChI=1S/C21H34O4/c1-20-8-7-13(23)9-12(20)3-4-14-15-5-6-16(18(25)11-22)21(15,2)10-17(24)19(14)20/h12-17,19,22-24H,3-11H2,1-2H3/t12-,13?,14-,15-,16+,17?,19+,20-,21-/m0/s1. The summed E-state index contributed by atoms with van der Waals surface area (Å²) in [6.07, 6.45) is 7.12. The zero-order valence-electron chi connectivity index (χ0n) is 15.7. The number of aliphatic hydroxyl groups excluding tert-OH is 3. The molecule has 0 aromatic rings. The van der Waals surface area contributed by atoms with Gasteiger partial charge >= 0.3 is 0 Å². The first-order valence-corrected chi connectivity index (χ1v) is 10.3. The van der Waals surface area contributed by atoms with E-state index in [4.69, 9.17) is 0 Å². The van der Waals surface area contributed by atoms with E-state index in [0.717, 1.165) is 44.9 Å². The molecule has 0 radical (unpaired) electrons. The Morgan fingerprint density at radius 1 is 1.04 bits per heavy atom. The number of Topliss-reactive ketones (excluding diaryl/α,β-unsaturated/α-hetero) is 1. The predicted octanol–water partition coefficient (Wildman–Crippen LogP) is 2.54. The molecule has 0 amide bonds. The summed E-state index contributed by atoms with van der Waals surface area (Å²) in [5.74, 6) is 1.69. The van der Waals surface area contributed by atoms with Crippen LogP contribution in [-0.2, 0) is 4.79 Å². The van der Waals surface area contributed by atoms with Crippen molar-refractivity contribution >= 4 is 5.78 Å². The van der Waals surface area contributed by atoms with Gasteiger partial charge < -0.3 is 15.3 Å². The lowest BCUT2D eigenvalue weighted by Gasteiger charge is -2.62. The van der Waals surface area contributed by atoms with Crippen LogP contribution in [0.2, 0.25) is 0 Å². The monoisotopic (exact) mass is 350 g/mol. The van der Waals surface area contributed by atoms with E-state index in [1.165, 1.54) is 0 Å². The highest BCUT2D eigenvalue weighted by molar-refractivity contribution is 5.83. The quantitative estimate of drug-likeness (QED) is 0.715. The van der Waals surface area contributed by atoms with E-state index in [-0.39, 0.29) is 41.3 Å². The van der Waals surface area contributed by atoms with Crippen LogP contribution in [0.5, 0.6) is 0 Å². The van der Waals surface area contributed by atoms with Crippen molar-refractivity contribution in [3.8, 4) is 0 Å². The molecule has 9 atom stereocenters. The normalized spacial score (nSPS) is 55.2. The van der Waals surface area contributed by atoms with E-state index < -0.39 is 0 Å². The van der Waals surface area contributed by atoms with Crippen molar-refractivity contribution in [1.29, 1.82) is 0 Å². The van der Waals surface area contributed by atoms with Crippen LogP contribution in [-0.4, -0.2) is 39.9 Å². The van der Waals surface area contributed by atoms with E-state index in [1.54, 1.807) is 0 Å². The van der Waals surface area contributed by atoms with Crippen LogP contribution in [0.15, 0.2) is 0 Å².